The lowest BCUT2D eigenvalue weighted by molar-refractivity contribution is -0.197. The number of carbonyl (C=O) groups is 2. The molecule has 0 heterocycles. The molecule has 0 rings (SSSR count). The van der Waals surface area contributed by atoms with Crippen LogP contribution in [0.3, 0.4) is 0 Å². The van der Waals surface area contributed by atoms with Gasteiger partial charge < -0.3 is 9.47 Å². The minimum atomic E-state index is -4.81. The van der Waals surface area contributed by atoms with E-state index in [0.717, 1.165) is 0 Å². The van der Waals surface area contributed by atoms with E-state index in [2.05, 4.69) is 16.4 Å². The molecular weight excluding hydrogens is 274 g/mol. The molecular formula is C8H7F6O4. The van der Waals surface area contributed by atoms with Crippen molar-refractivity contribution >= 4 is 11.9 Å². The summed E-state index contributed by atoms with van der Waals surface area (Å²) in [6.07, 6.45) is -9.63. The monoisotopic (exact) mass is 281 g/mol. The maximum atomic E-state index is 11.6. The van der Waals surface area contributed by atoms with E-state index >= 15 is 0 Å². The topological polar surface area (TPSA) is 52.6 Å². The molecule has 0 spiro atoms. The molecule has 0 atom stereocenters. The molecule has 0 unspecified atom stereocenters. The third-order valence-corrected chi connectivity index (χ3v) is 1.33. The van der Waals surface area contributed by atoms with Gasteiger partial charge in [-0.15, -0.1) is 0 Å². The summed E-state index contributed by atoms with van der Waals surface area (Å²) >= 11 is 0. The second-order valence-corrected chi connectivity index (χ2v) is 3.00. The fourth-order valence-corrected chi connectivity index (χ4v) is 0.603. The molecule has 1 radical (unpaired) electrons. The smallest absolute Gasteiger partial charge is 0.422 e. The van der Waals surface area contributed by atoms with Crippen LogP contribution in [0.25, 0.3) is 0 Å². The molecule has 0 aromatic rings. The van der Waals surface area contributed by atoms with Crippen LogP contribution in [-0.2, 0) is 19.1 Å². The number of carbonyl (C=O) groups excluding carboxylic acids is 2. The van der Waals surface area contributed by atoms with Crippen molar-refractivity contribution in [2.24, 2.45) is 5.92 Å². The molecule has 0 aliphatic carbocycles. The minimum Gasteiger partial charge on any atom is -0.455 e. The normalized spacial score (nSPS) is 12.4. The van der Waals surface area contributed by atoms with Gasteiger partial charge in [0, 0.05) is 0 Å². The molecule has 0 aliphatic heterocycles. The van der Waals surface area contributed by atoms with E-state index in [1.54, 1.807) is 0 Å². The number of ether oxygens (including phenoxy) is 2. The van der Waals surface area contributed by atoms with Crippen LogP contribution < -0.4 is 0 Å². The summed E-state index contributed by atoms with van der Waals surface area (Å²) in [6.45, 7) is -1.18. The van der Waals surface area contributed by atoms with Gasteiger partial charge in [0.15, 0.2) is 19.1 Å². The zero-order chi connectivity index (χ0) is 14.6. The second kappa shape index (κ2) is 5.91. The third-order valence-electron chi connectivity index (χ3n) is 1.33. The molecule has 18 heavy (non-hydrogen) atoms. The molecule has 0 aromatic carbocycles. The van der Waals surface area contributed by atoms with Crippen LogP contribution in [0.4, 0.5) is 26.3 Å². The van der Waals surface area contributed by atoms with Gasteiger partial charge in [-0.25, -0.2) is 0 Å². The molecule has 4 nitrogen and oxygen atoms in total. The van der Waals surface area contributed by atoms with Gasteiger partial charge in [0.05, 0.1) is 0 Å². The van der Waals surface area contributed by atoms with Gasteiger partial charge in [-0.3, -0.25) is 9.59 Å². The first-order valence-electron chi connectivity index (χ1n) is 4.22. The lowest BCUT2D eigenvalue weighted by Gasteiger charge is -2.13. The Balaban J connectivity index is 4.17. The molecule has 0 bridgehead atoms. The third kappa shape index (κ3) is 7.74. The Kier molecular flexibility index (Phi) is 5.43. The van der Waals surface area contributed by atoms with Gasteiger partial charge in [0.1, 0.15) is 0 Å². The highest BCUT2D eigenvalue weighted by Gasteiger charge is 2.35. The molecule has 0 fully saturated rings. The summed E-state index contributed by atoms with van der Waals surface area (Å²) in [5.74, 6) is -5.56. The van der Waals surface area contributed by atoms with Crippen LogP contribution in [-0.4, -0.2) is 37.5 Å². The SMILES string of the molecule is [CH2]C(C(=O)OCC(F)(F)F)C(=O)OCC(F)(F)F. The highest BCUT2D eigenvalue weighted by molar-refractivity contribution is 5.95. The van der Waals surface area contributed by atoms with Crippen LogP contribution >= 0.6 is 0 Å². The minimum absolute atomic E-state index is 1.72. The average molecular weight is 281 g/mol. The highest BCUT2D eigenvalue weighted by Crippen LogP contribution is 2.17. The van der Waals surface area contributed by atoms with Crippen molar-refractivity contribution in [1.82, 2.24) is 0 Å². The Morgan fingerprint density at radius 3 is 1.39 bits per heavy atom. The van der Waals surface area contributed by atoms with Crippen molar-refractivity contribution < 1.29 is 45.4 Å². The molecule has 0 aliphatic rings. The first-order valence-corrected chi connectivity index (χ1v) is 4.22. The van der Waals surface area contributed by atoms with Gasteiger partial charge in [0.25, 0.3) is 0 Å². The lowest BCUT2D eigenvalue weighted by Crippen LogP contribution is -2.31. The lowest BCUT2D eigenvalue weighted by atomic mass is 10.2. The van der Waals surface area contributed by atoms with Crippen LogP contribution in [0.2, 0.25) is 0 Å². The van der Waals surface area contributed by atoms with Crippen molar-refractivity contribution in [3.63, 3.8) is 0 Å². The van der Waals surface area contributed by atoms with Crippen molar-refractivity contribution in [1.29, 1.82) is 0 Å². The first kappa shape index (κ1) is 16.5. The fraction of sp³-hybridized carbons (Fsp3) is 0.625. The van der Waals surface area contributed by atoms with E-state index in [1.165, 1.54) is 0 Å². The van der Waals surface area contributed by atoms with Crippen molar-refractivity contribution in [3.05, 3.63) is 6.92 Å². The quantitative estimate of drug-likeness (QED) is 0.446. The van der Waals surface area contributed by atoms with Crippen molar-refractivity contribution in [3.8, 4) is 0 Å². The molecule has 0 saturated heterocycles. The van der Waals surface area contributed by atoms with Crippen LogP contribution in [0, 0.1) is 12.8 Å². The van der Waals surface area contributed by atoms with E-state index in [0.29, 0.717) is 0 Å². The molecule has 0 N–H and O–H groups in total. The Morgan fingerprint density at radius 2 is 1.17 bits per heavy atom. The molecule has 0 saturated carbocycles. The summed E-state index contributed by atoms with van der Waals surface area (Å²) in [7, 11) is 0. The predicted octanol–water partition coefficient (Wildman–Crippen LogP) is 1.65. The largest absolute Gasteiger partial charge is 0.455 e. The average Bonchev–Trinajstić information content (AvgIpc) is 2.19. The Bertz CT molecular complexity index is 278. The molecule has 0 amide bonds. The number of esters is 2. The van der Waals surface area contributed by atoms with E-state index in [-0.39, 0.29) is 0 Å². The van der Waals surface area contributed by atoms with Crippen LogP contribution in [0.5, 0.6) is 0 Å². The number of rotatable bonds is 4. The van der Waals surface area contributed by atoms with Crippen molar-refractivity contribution in [2.75, 3.05) is 13.2 Å². The number of hydrogen-bond donors (Lipinski definition) is 0. The van der Waals surface area contributed by atoms with E-state index in [9.17, 15) is 35.9 Å². The molecule has 0 aromatic heterocycles. The van der Waals surface area contributed by atoms with Crippen LogP contribution in [0.1, 0.15) is 0 Å². The summed E-state index contributed by atoms with van der Waals surface area (Å²) in [5.41, 5.74) is 0. The number of alkyl halides is 6. The van der Waals surface area contributed by atoms with Gasteiger partial charge in [-0.2, -0.15) is 26.3 Å². The zero-order valence-electron chi connectivity index (χ0n) is 8.60. The zero-order valence-corrected chi connectivity index (χ0v) is 8.60. The summed E-state index contributed by atoms with van der Waals surface area (Å²) < 4.78 is 77.0. The molecule has 10 heteroatoms. The summed E-state index contributed by atoms with van der Waals surface area (Å²) in [6, 6.07) is 0. The van der Waals surface area contributed by atoms with E-state index in [1.807, 2.05) is 0 Å². The van der Waals surface area contributed by atoms with Gasteiger partial charge in [0.2, 0.25) is 0 Å². The standard InChI is InChI=1S/C8H7F6O4/c1-4(5(15)17-2-7(9,10)11)6(16)18-3-8(12,13)14/h4H,1-3H2. The highest BCUT2D eigenvalue weighted by atomic mass is 19.4. The summed E-state index contributed by atoms with van der Waals surface area (Å²) in [5, 5.41) is 0. The maximum absolute atomic E-state index is 11.6. The first-order chi connectivity index (χ1) is 7.92. The van der Waals surface area contributed by atoms with Crippen LogP contribution in [0.15, 0.2) is 0 Å². The van der Waals surface area contributed by atoms with E-state index < -0.39 is 43.4 Å². The van der Waals surface area contributed by atoms with Gasteiger partial charge in [-0.05, 0) is 6.92 Å². The predicted molar refractivity (Wildman–Crippen MR) is 42.9 cm³/mol. The Hall–Kier alpha value is -1.48. The van der Waals surface area contributed by atoms with Gasteiger partial charge >= 0.3 is 24.3 Å². The van der Waals surface area contributed by atoms with E-state index in [4.69, 9.17) is 0 Å². The Morgan fingerprint density at radius 1 is 0.889 bits per heavy atom. The maximum Gasteiger partial charge on any atom is 0.422 e. The second-order valence-electron chi connectivity index (χ2n) is 3.00. The number of halogens is 6. The Labute approximate surface area is 96.8 Å². The fourth-order valence-electron chi connectivity index (χ4n) is 0.603. The summed E-state index contributed by atoms with van der Waals surface area (Å²) in [4.78, 5) is 21.6. The van der Waals surface area contributed by atoms with Gasteiger partial charge in [-0.1, -0.05) is 0 Å². The molecule has 105 valence electrons. The number of hydrogen-bond acceptors (Lipinski definition) is 4. The van der Waals surface area contributed by atoms with Crippen molar-refractivity contribution in [2.45, 2.75) is 12.4 Å².